The number of allylic oxidation sites excluding steroid dienone is 22. The molecule has 0 aromatic rings. The maximum Gasteiger partial charge on any atom is 0.306 e. The topological polar surface area (TPSA) is 111 Å². The van der Waals surface area contributed by atoms with Gasteiger partial charge in [0.25, 0.3) is 7.82 Å². The van der Waals surface area contributed by atoms with Crippen LogP contribution in [-0.2, 0) is 32.7 Å². The Morgan fingerprint density at radius 2 is 0.731 bits per heavy atom. The molecular formula is C68H114NO8P. The molecule has 0 aliphatic rings. The first-order valence-corrected chi connectivity index (χ1v) is 32.4. The van der Waals surface area contributed by atoms with Gasteiger partial charge in [-0.3, -0.25) is 14.2 Å². The number of phosphoric ester groups is 1. The standard InChI is InChI=1S/C68H114NO8P/c1-6-8-10-12-14-16-18-20-22-24-25-26-27-28-29-30-31-32-33-34-35-36-37-38-39-40-41-42-43-45-47-49-51-53-55-57-59-61-68(71)77-66(65-76-78(72,73)75-63-62-69(3,4)5)64-74-67(70)60-58-56-54-52-50-48-46-44-23-21-19-17-15-13-11-9-7-2/h8,10,14-17,20-23,25-26,28-29,31-32,34-35,37-38,40-41,66H,6-7,9,11-13,18-19,24,27,30,33,36,39,42-65H2,1-5H3/b10-8-,16-14-,17-15-,22-20-,23-21-,26-25-,29-28-,32-31-,35-34-,38-37-,41-40-. The summed E-state index contributed by atoms with van der Waals surface area (Å²) in [6.07, 6.45) is 83.6. The molecule has 0 fully saturated rings. The van der Waals surface area contributed by atoms with Crippen molar-refractivity contribution in [1.29, 1.82) is 0 Å². The number of carbonyl (C=O) groups is 2. The molecule has 0 saturated carbocycles. The maximum absolute atomic E-state index is 12.8. The van der Waals surface area contributed by atoms with Crippen molar-refractivity contribution in [1.82, 2.24) is 0 Å². The van der Waals surface area contributed by atoms with Crippen molar-refractivity contribution in [3.8, 4) is 0 Å². The molecule has 0 spiro atoms. The van der Waals surface area contributed by atoms with Gasteiger partial charge >= 0.3 is 11.9 Å². The highest BCUT2D eigenvalue weighted by atomic mass is 31.2. The summed E-state index contributed by atoms with van der Waals surface area (Å²) >= 11 is 0. The molecule has 444 valence electrons. The number of ether oxygens (including phenoxy) is 2. The van der Waals surface area contributed by atoms with E-state index < -0.39 is 32.5 Å². The van der Waals surface area contributed by atoms with Gasteiger partial charge in [0, 0.05) is 12.8 Å². The van der Waals surface area contributed by atoms with Crippen LogP contribution in [0.3, 0.4) is 0 Å². The fourth-order valence-electron chi connectivity index (χ4n) is 7.91. The molecule has 0 rings (SSSR count). The number of nitrogens with zero attached hydrogens (tertiary/aromatic N) is 1. The maximum atomic E-state index is 12.8. The van der Waals surface area contributed by atoms with Crippen LogP contribution in [0, 0.1) is 0 Å². The highest BCUT2D eigenvalue weighted by molar-refractivity contribution is 7.45. The first-order valence-electron chi connectivity index (χ1n) is 30.9. The molecule has 2 unspecified atom stereocenters. The Morgan fingerprint density at radius 1 is 0.410 bits per heavy atom. The van der Waals surface area contributed by atoms with Crippen molar-refractivity contribution in [2.45, 2.75) is 238 Å². The molecule has 0 aromatic heterocycles. The third-order valence-corrected chi connectivity index (χ3v) is 13.6. The molecule has 0 saturated heterocycles. The highest BCUT2D eigenvalue weighted by Gasteiger charge is 2.22. The Labute approximate surface area is 479 Å². The van der Waals surface area contributed by atoms with Crippen LogP contribution in [0.1, 0.15) is 232 Å². The third-order valence-electron chi connectivity index (χ3n) is 12.7. The van der Waals surface area contributed by atoms with Gasteiger partial charge in [0.05, 0.1) is 27.7 Å². The summed E-state index contributed by atoms with van der Waals surface area (Å²) in [5, 5.41) is 0. The third kappa shape index (κ3) is 61.4. The summed E-state index contributed by atoms with van der Waals surface area (Å²) in [7, 11) is 1.14. The zero-order valence-corrected chi connectivity index (χ0v) is 51.2. The number of rotatable bonds is 55. The second-order valence-electron chi connectivity index (χ2n) is 21.3. The number of carbonyl (C=O) groups excluding carboxylic acids is 2. The molecule has 0 aromatic carbocycles. The van der Waals surface area contributed by atoms with E-state index >= 15 is 0 Å². The molecule has 0 N–H and O–H groups in total. The second-order valence-corrected chi connectivity index (χ2v) is 22.7. The van der Waals surface area contributed by atoms with Crippen molar-refractivity contribution in [2.24, 2.45) is 0 Å². The van der Waals surface area contributed by atoms with E-state index in [1.54, 1.807) is 0 Å². The van der Waals surface area contributed by atoms with Gasteiger partial charge in [-0.2, -0.15) is 0 Å². The van der Waals surface area contributed by atoms with E-state index in [9.17, 15) is 19.0 Å². The number of esters is 2. The molecule has 2 atom stereocenters. The molecule has 0 bridgehead atoms. The number of likely N-dealkylation sites (N-methyl/N-ethyl adjacent to an activating group) is 1. The minimum Gasteiger partial charge on any atom is -0.756 e. The highest BCUT2D eigenvalue weighted by Crippen LogP contribution is 2.38. The average molecular weight is 1100 g/mol. The molecule has 0 aliphatic heterocycles. The number of phosphoric acid groups is 1. The fraction of sp³-hybridized carbons (Fsp3) is 0.647. The summed E-state index contributed by atoms with van der Waals surface area (Å²) in [5.74, 6) is -0.856. The van der Waals surface area contributed by atoms with Gasteiger partial charge in [0.2, 0.25) is 0 Å². The van der Waals surface area contributed by atoms with E-state index in [0.717, 1.165) is 116 Å². The van der Waals surface area contributed by atoms with Crippen LogP contribution in [0.5, 0.6) is 0 Å². The van der Waals surface area contributed by atoms with E-state index in [-0.39, 0.29) is 26.1 Å². The van der Waals surface area contributed by atoms with Crippen molar-refractivity contribution in [2.75, 3.05) is 47.5 Å². The van der Waals surface area contributed by atoms with Gasteiger partial charge in [-0.15, -0.1) is 0 Å². The van der Waals surface area contributed by atoms with Crippen LogP contribution >= 0.6 is 7.82 Å². The molecule has 10 heteroatoms. The smallest absolute Gasteiger partial charge is 0.306 e. The van der Waals surface area contributed by atoms with Crippen LogP contribution in [0.25, 0.3) is 0 Å². The van der Waals surface area contributed by atoms with Gasteiger partial charge < -0.3 is 27.9 Å². The normalized spacial score (nSPS) is 14.2. The lowest BCUT2D eigenvalue weighted by molar-refractivity contribution is -0.870. The Morgan fingerprint density at radius 3 is 1.09 bits per heavy atom. The monoisotopic (exact) mass is 1100 g/mol. The molecule has 78 heavy (non-hydrogen) atoms. The molecule has 0 radical (unpaired) electrons. The summed E-state index contributed by atoms with van der Waals surface area (Å²) in [4.78, 5) is 37.9. The van der Waals surface area contributed by atoms with Gasteiger partial charge in [-0.25, -0.2) is 0 Å². The zero-order chi connectivity index (χ0) is 57.0. The van der Waals surface area contributed by atoms with Gasteiger partial charge in [0.1, 0.15) is 19.8 Å². The van der Waals surface area contributed by atoms with Crippen molar-refractivity contribution in [3.63, 3.8) is 0 Å². The van der Waals surface area contributed by atoms with E-state index in [0.29, 0.717) is 23.9 Å². The lowest BCUT2D eigenvalue weighted by atomic mass is 10.1. The Bertz CT molecular complexity index is 1780. The van der Waals surface area contributed by atoms with Crippen LogP contribution < -0.4 is 4.89 Å². The fourth-order valence-corrected chi connectivity index (χ4v) is 8.64. The first-order chi connectivity index (χ1) is 38.0. The van der Waals surface area contributed by atoms with Gasteiger partial charge in [0.15, 0.2) is 6.10 Å². The SMILES string of the molecule is CC/C=C\C/C=C\C/C=C\C/C=C\C/C=C\C/C=C\C/C=C\C/C=C\C/C=C\CCCCCCCCCCCC(=O)OC(COC(=O)CCCCCCCCC/C=C\C/C=C\CCCCC)COP(=O)([O-])OCC[N+](C)(C)C. The summed E-state index contributed by atoms with van der Waals surface area (Å²) in [5.41, 5.74) is 0. The second kappa shape index (κ2) is 57.8. The molecule has 9 nitrogen and oxygen atoms in total. The average Bonchev–Trinajstić information content (AvgIpc) is 3.41. The minimum absolute atomic E-state index is 0.0398. The van der Waals surface area contributed by atoms with Crippen LogP contribution in [0.4, 0.5) is 0 Å². The van der Waals surface area contributed by atoms with Crippen molar-refractivity contribution in [3.05, 3.63) is 134 Å². The van der Waals surface area contributed by atoms with Gasteiger partial charge in [-0.1, -0.05) is 237 Å². The number of unbranched alkanes of at least 4 members (excludes halogenated alkanes) is 19. The number of quaternary nitrogens is 1. The minimum atomic E-state index is -4.65. The lowest BCUT2D eigenvalue weighted by Crippen LogP contribution is -2.37. The predicted molar refractivity (Wildman–Crippen MR) is 332 cm³/mol. The summed E-state index contributed by atoms with van der Waals surface area (Å²) in [6.45, 7) is 4.07. The van der Waals surface area contributed by atoms with Gasteiger partial charge in [-0.05, 0) is 116 Å². The number of hydrogen-bond acceptors (Lipinski definition) is 8. The summed E-state index contributed by atoms with van der Waals surface area (Å²) in [6, 6.07) is 0. The van der Waals surface area contributed by atoms with Crippen LogP contribution in [0.15, 0.2) is 134 Å². The first kappa shape index (κ1) is 74.2. The molecular weight excluding hydrogens is 990 g/mol. The van der Waals surface area contributed by atoms with Crippen molar-refractivity contribution >= 4 is 19.8 Å². The van der Waals surface area contributed by atoms with E-state index in [2.05, 4.69) is 148 Å². The Balaban J connectivity index is 4.15. The molecule has 0 heterocycles. The quantitative estimate of drug-likeness (QED) is 0.0195. The number of hydrogen-bond donors (Lipinski definition) is 0. The largest absolute Gasteiger partial charge is 0.756 e. The lowest BCUT2D eigenvalue weighted by Gasteiger charge is -2.28. The molecule has 0 aliphatic carbocycles. The van der Waals surface area contributed by atoms with Crippen LogP contribution in [-0.4, -0.2) is 70.0 Å². The van der Waals surface area contributed by atoms with E-state index in [1.807, 2.05) is 21.1 Å². The zero-order valence-electron chi connectivity index (χ0n) is 50.3. The predicted octanol–water partition coefficient (Wildman–Crippen LogP) is 19.1. The van der Waals surface area contributed by atoms with Crippen LogP contribution in [0.2, 0.25) is 0 Å². The molecule has 0 amide bonds. The summed E-state index contributed by atoms with van der Waals surface area (Å²) < 4.78 is 34.2. The van der Waals surface area contributed by atoms with E-state index in [1.165, 1.54) is 77.0 Å². The van der Waals surface area contributed by atoms with E-state index in [4.69, 9.17) is 18.5 Å². The Kier molecular flexibility index (Phi) is 55.0. The Hall–Kier alpha value is -3.85. The van der Waals surface area contributed by atoms with Crippen molar-refractivity contribution < 1.29 is 42.1 Å².